The Morgan fingerprint density at radius 3 is 1.27 bits per heavy atom. The van der Waals surface area contributed by atoms with Crippen molar-refractivity contribution in [2.24, 2.45) is 11.5 Å². The summed E-state index contributed by atoms with van der Waals surface area (Å²) in [6.07, 6.45) is 2.24. The molecule has 0 saturated carbocycles. The lowest BCUT2D eigenvalue weighted by Crippen LogP contribution is -2.18. The molecule has 12 heteroatoms. The van der Waals surface area contributed by atoms with Gasteiger partial charge in [-0.1, -0.05) is 49.6 Å². The Hall–Kier alpha value is -4.68. The van der Waals surface area contributed by atoms with Crippen LogP contribution in [-0.2, 0) is 16.0 Å². The van der Waals surface area contributed by atoms with Gasteiger partial charge >= 0.3 is 24.1 Å². The number of para-hydroxylation sites is 2. The van der Waals surface area contributed by atoms with Crippen molar-refractivity contribution in [1.82, 2.24) is 0 Å². The number of hydrogen-bond donors (Lipinski definition) is 6. The molecule has 12 nitrogen and oxygen atoms in total. The first-order valence-electron chi connectivity index (χ1n) is 12.6. The Bertz CT molecular complexity index is 1070. The summed E-state index contributed by atoms with van der Waals surface area (Å²) in [6.45, 7) is 6.93. The van der Waals surface area contributed by atoms with E-state index in [1.165, 1.54) is 0 Å². The van der Waals surface area contributed by atoms with E-state index in [4.69, 9.17) is 41.4 Å². The molecular weight excluding hydrogens is 536 g/mol. The van der Waals surface area contributed by atoms with Gasteiger partial charge in [0.05, 0.1) is 0 Å². The maximum absolute atomic E-state index is 10.9. The zero-order valence-corrected chi connectivity index (χ0v) is 22.8. The van der Waals surface area contributed by atoms with E-state index in [1.807, 2.05) is 0 Å². The maximum atomic E-state index is 10.9. The van der Waals surface area contributed by atoms with E-state index in [0.717, 1.165) is 11.1 Å². The average molecular weight is 575 g/mol. The molecule has 2 rings (SSSR count). The molecule has 0 aliphatic heterocycles. The zero-order valence-electron chi connectivity index (χ0n) is 22.8. The van der Waals surface area contributed by atoms with Crippen LogP contribution in [0.3, 0.4) is 0 Å². The normalized spacial score (nSPS) is 9.61. The summed E-state index contributed by atoms with van der Waals surface area (Å²) in [5, 5.41) is 33.3. The van der Waals surface area contributed by atoms with Crippen LogP contribution in [0.15, 0.2) is 72.8 Å². The lowest BCUT2D eigenvalue weighted by molar-refractivity contribution is -0.133. The highest BCUT2D eigenvalue weighted by Gasteiger charge is 2.11. The van der Waals surface area contributed by atoms with Crippen molar-refractivity contribution >= 4 is 24.1 Å². The number of unbranched alkanes of at least 4 members (excludes halogenated alkanes) is 2. The first-order chi connectivity index (χ1) is 19.4. The van der Waals surface area contributed by atoms with E-state index < -0.39 is 24.1 Å². The standard InChI is InChI=1S/C15H14N2O4.2C7H12O3/c16-14(18)20-12-7-3-1-5-10(12)9-11-6-2-4-8-13(11)21-15(17)19;2*1-6(7(9)10)4-2-3-5-8/h1-8H,9H2,(H2,16,18)(H2,17,19);2*8H,1-5H2,(H,9,10). The van der Waals surface area contributed by atoms with Crippen LogP contribution in [0.2, 0.25) is 0 Å². The topological polar surface area (TPSA) is 220 Å². The van der Waals surface area contributed by atoms with Crippen molar-refractivity contribution in [3.8, 4) is 11.5 Å². The molecule has 0 unspecified atom stereocenters. The highest BCUT2D eigenvalue weighted by molar-refractivity contribution is 5.86. The Morgan fingerprint density at radius 1 is 0.634 bits per heavy atom. The molecule has 2 amide bonds. The smallest absolute Gasteiger partial charge is 0.409 e. The largest absolute Gasteiger partial charge is 0.478 e. The van der Waals surface area contributed by atoms with Crippen LogP contribution in [0.1, 0.15) is 49.7 Å². The van der Waals surface area contributed by atoms with E-state index in [9.17, 15) is 19.2 Å². The van der Waals surface area contributed by atoms with E-state index in [1.54, 1.807) is 48.5 Å². The number of nitrogens with two attached hydrogens (primary N) is 2. The zero-order chi connectivity index (χ0) is 31.2. The number of hydrogen-bond acceptors (Lipinski definition) is 8. The van der Waals surface area contributed by atoms with E-state index in [2.05, 4.69) is 13.2 Å². The number of aliphatic hydroxyl groups excluding tert-OH is 2. The number of carboxylic acids is 2. The van der Waals surface area contributed by atoms with Gasteiger partial charge in [-0.05, 0) is 61.8 Å². The van der Waals surface area contributed by atoms with Crippen LogP contribution in [-0.4, -0.2) is 57.8 Å². The number of aliphatic hydroxyl groups is 2. The van der Waals surface area contributed by atoms with Gasteiger partial charge in [0.15, 0.2) is 0 Å². The number of benzene rings is 2. The molecule has 0 aliphatic carbocycles. The second kappa shape index (κ2) is 21.2. The molecule has 2 aromatic rings. The van der Waals surface area contributed by atoms with Gasteiger partial charge in [-0.3, -0.25) is 0 Å². The van der Waals surface area contributed by atoms with E-state index in [-0.39, 0.29) is 24.4 Å². The number of carbonyl (C=O) groups excluding carboxylic acids is 2. The molecule has 0 bridgehead atoms. The maximum Gasteiger partial charge on any atom is 0.409 e. The van der Waals surface area contributed by atoms with Crippen LogP contribution < -0.4 is 20.9 Å². The quantitative estimate of drug-likeness (QED) is 0.142. The molecule has 0 aliphatic rings. The minimum Gasteiger partial charge on any atom is -0.478 e. The predicted molar refractivity (Wildman–Crippen MR) is 152 cm³/mol. The van der Waals surface area contributed by atoms with Gasteiger partial charge in [0.1, 0.15) is 11.5 Å². The Labute approximate surface area is 238 Å². The van der Waals surface area contributed by atoms with Crippen molar-refractivity contribution in [1.29, 1.82) is 0 Å². The highest BCUT2D eigenvalue weighted by Crippen LogP contribution is 2.26. The van der Waals surface area contributed by atoms with Crippen LogP contribution in [0, 0.1) is 0 Å². The molecule has 0 saturated heterocycles. The third-order valence-corrected chi connectivity index (χ3v) is 5.13. The number of carbonyl (C=O) groups is 4. The molecule has 0 heterocycles. The summed E-state index contributed by atoms with van der Waals surface area (Å²) in [7, 11) is 0. The minimum absolute atomic E-state index is 0.118. The lowest BCUT2D eigenvalue weighted by Gasteiger charge is -2.11. The van der Waals surface area contributed by atoms with Crippen LogP contribution >= 0.6 is 0 Å². The lowest BCUT2D eigenvalue weighted by atomic mass is 10.0. The SMILES string of the molecule is C=C(CCCCO)C(=O)O.C=C(CCCCO)C(=O)O.NC(=O)Oc1ccccc1Cc1ccccc1OC(N)=O. The Kier molecular flexibility index (Phi) is 18.8. The fourth-order valence-electron chi connectivity index (χ4n) is 3.04. The molecule has 0 fully saturated rings. The Morgan fingerprint density at radius 2 is 0.976 bits per heavy atom. The van der Waals surface area contributed by atoms with E-state index in [0.29, 0.717) is 56.4 Å². The van der Waals surface area contributed by atoms with Gasteiger partial charge in [0.2, 0.25) is 0 Å². The second-order valence-electron chi connectivity index (χ2n) is 8.41. The van der Waals surface area contributed by atoms with Crippen molar-refractivity contribution in [3.05, 3.63) is 84.0 Å². The summed E-state index contributed by atoms with van der Waals surface area (Å²) in [5.74, 6) is -1.17. The molecular formula is C29H38N2O10. The third-order valence-electron chi connectivity index (χ3n) is 5.13. The van der Waals surface area contributed by atoms with Gasteiger partial charge in [0, 0.05) is 30.8 Å². The molecule has 2 aromatic carbocycles. The fraction of sp³-hybridized carbons (Fsp3) is 0.310. The first kappa shape index (κ1) is 36.3. The monoisotopic (exact) mass is 574 g/mol. The third kappa shape index (κ3) is 17.5. The number of amides is 2. The van der Waals surface area contributed by atoms with Crippen molar-refractivity contribution < 1.29 is 49.1 Å². The van der Waals surface area contributed by atoms with Gasteiger partial charge in [0.25, 0.3) is 0 Å². The number of carboxylic acid groups (broad SMARTS) is 2. The molecule has 0 aromatic heterocycles. The molecule has 0 radical (unpaired) electrons. The number of rotatable bonds is 14. The first-order valence-corrected chi connectivity index (χ1v) is 12.6. The van der Waals surface area contributed by atoms with Gasteiger partial charge in [-0.2, -0.15) is 0 Å². The summed E-state index contributed by atoms with van der Waals surface area (Å²) in [5.41, 5.74) is 12.0. The number of ether oxygens (including phenoxy) is 2. The molecule has 224 valence electrons. The molecule has 0 atom stereocenters. The number of aliphatic carboxylic acids is 2. The van der Waals surface area contributed by atoms with Gasteiger partial charge in [-0.15, -0.1) is 0 Å². The average Bonchev–Trinajstić information content (AvgIpc) is 2.91. The highest BCUT2D eigenvalue weighted by atomic mass is 16.6. The molecule has 8 N–H and O–H groups in total. The van der Waals surface area contributed by atoms with Crippen LogP contribution in [0.5, 0.6) is 11.5 Å². The van der Waals surface area contributed by atoms with E-state index >= 15 is 0 Å². The fourth-order valence-corrected chi connectivity index (χ4v) is 3.04. The van der Waals surface area contributed by atoms with Crippen molar-refractivity contribution in [2.45, 2.75) is 44.9 Å². The van der Waals surface area contributed by atoms with Gasteiger partial charge < -0.3 is 41.4 Å². The summed E-state index contributed by atoms with van der Waals surface area (Å²) >= 11 is 0. The number of primary amides is 2. The summed E-state index contributed by atoms with van der Waals surface area (Å²) in [4.78, 5) is 42.1. The van der Waals surface area contributed by atoms with Crippen LogP contribution in [0.4, 0.5) is 9.59 Å². The summed E-state index contributed by atoms with van der Waals surface area (Å²) in [6, 6.07) is 13.9. The second-order valence-corrected chi connectivity index (χ2v) is 8.41. The van der Waals surface area contributed by atoms with Crippen LogP contribution in [0.25, 0.3) is 0 Å². The molecule has 41 heavy (non-hydrogen) atoms. The molecule has 0 spiro atoms. The van der Waals surface area contributed by atoms with Crippen molar-refractivity contribution in [3.63, 3.8) is 0 Å². The van der Waals surface area contributed by atoms with Gasteiger partial charge in [-0.25, -0.2) is 19.2 Å². The van der Waals surface area contributed by atoms with Crippen molar-refractivity contribution in [2.75, 3.05) is 13.2 Å². The summed E-state index contributed by atoms with van der Waals surface area (Å²) < 4.78 is 9.89. The Balaban J connectivity index is 0.000000672. The minimum atomic E-state index is -0.946. The predicted octanol–water partition coefficient (Wildman–Crippen LogP) is 3.77.